The Kier molecular flexibility index (Phi) is 64.0. The van der Waals surface area contributed by atoms with Gasteiger partial charge in [0.25, 0.3) is 0 Å². The van der Waals surface area contributed by atoms with Crippen LogP contribution in [-0.4, -0.2) is 36.4 Å². The molecule has 0 amide bonds. The number of esters is 2. The summed E-state index contributed by atoms with van der Waals surface area (Å²) in [5.41, 5.74) is 0. The third-order valence-corrected chi connectivity index (χ3v) is 13.2. The highest BCUT2D eigenvalue weighted by Gasteiger charge is 2.16. The van der Waals surface area contributed by atoms with E-state index < -0.39 is 6.10 Å². The van der Waals surface area contributed by atoms with Crippen molar-refractivity contribution in [1.82, 2.24) is 0 Å². The van der Waals surface area contributed by atoms with E-state index in [1.807, 2.05) is 0 Å². The Morgan fingerprint density at radius 2 is 0.500 bits per heavy atom. The molecule has 0 aliphatic heterocycles. The smallest absolute Gasteiger partial charge is 0.306 e. The monoisotopic (exact) mass is 1100 g/mol. The lowest BCUT2D eigenvalue weighted by molar-refractivity contribution is -0.161. The van der Waals surface area contributed by atoms with Gasteiger partial charge in [0.05, 0.1) is 6.61 Å². The summed E-state index contributed by atoms with van der Waals surface area (Å²) in [6, 6.07) is 0. The lowest BCUT2D eigenvalue weighted by atomic mass is 10.0. The molecule has 0 saturated carbocycles. The Balaban J connectivity index is 3.59. The van der Waals surface area contributed by atoms with E-state index in [9.17, 15) is 14.7 Å². The van der Waals surface area contributed by atoms with Gasteiger partial charge in [0.2, 0.25) is 0 Å². The Morgan fingerprint density at radius 3 is 0.750 bits per heavy atom. The van der Waals surface area contributed by atoms with Gasteiger partial charge in [-0.15, -0.1) is 0 Å². The molecule has 448 valence electrons. The van der Waals surface area contributed by atoms with Gasteiger partial charge in [0, 0.05) is 12.8 Å². The quantitative estimate of drug-likeness (QED) is 0.0373. The predicted octanol–water partition coefficient (Wildman–Crippen LogP) is 22.6. The summed E-state index contributed by atoms with van der Waals surface area (Å²) in [4.78, 5) is 24.6. The van der Waals surface area contributed by atoms with Crippen molar-refractivity contribution >= 4 is 11.9 Å². The minimum Gasteiger partial charge on any atom is -0.462 e. The molecule has 1 N–H and O–H groups in total. The second-order valence-corrected chi connectivity index (χ2v) is 20.7. The van der Waals surface area contributed by atoms with Gasteiger partial charge in [-0.1, -0.05) is 292 Å². The molecular formula is C75H118O5. The second kappa shape index (κ2) is 68.3. The first-order chi connectivity index (χ1) is 39.6. The highest BCUT2D eigenvalue weighted by Crippen LogP contribution is 2.15. The molecule has 0 aliphatic rings. The van der Waals surface area contributed by atoms with E-state index in [2.05, 4.69) is 196 Å². The molecule has 0 rings (SSSR count). The first-order valence-electron chi connectivity index (χ1n) is 32.3. The van der Waals surface area contributed by atoms with Gasteiger partial charge < -0.3 is 14.6 Å². The molecule has 5 nitrogen and oxygen atoms in total. The topological polar surface area (TPSA) is 72.8 Å². The highest BCUT2D eigenvalue weighted by atomic mass is 16.6. The van der Waals surface area contributed by atoms with Crippen molar-refractivity contribution in [2.45, 2.75) is 264 Å². The van der Waals surface area contributed by atoms with E-state index in [-0.39, 0.29) is 25.2 Å². The van der Waals surface area contributed by atoms with E-state index in [1.165, 1.54) is 83.5 Å². The Bertz CT molecular complexity index is 1820. The number of unbranched alkanes of at least 4 members (excludes halogenated alkanes) is 19. The Morgan fingerprint density at radius 1 is 0.287 bits per heavy atom. The third-order valence-electron chi connectivity index (χ3n) is 13.2. The number of allylic oxidation sites excluding steroid dienone is 30. The van der Waals surface area contributed by atoms with E-state index in [4.69, 9.17) is 9.47 Å². The fourth-order valence-electron chi connectivity index (χ4n) is 8.43. The third kappa shape index (κ3) is 65.5. The van der Waals surface area contributed by atoms with Crippen LogP contribution < -0.4 is 0 Å². The molecule has 0 radical (unpaired) electrons. The molecule has 0 aliphatic carbocycles. The minimum atomic E-state index is -0.796. The van der Waals surface area contributed by atoms with Gasteiger partial charge in [0.1, 0.15) is 6.61 Å². The van der Waals surface area contributed by atoms with Crippen molar-refractivity contribution in [2.24, 2.45) is 0 Å². The maximum absolute atomic E-state index is 12.3. The number of carbonyl (C=O) groups excluding carboxylic acids is 2. The maximum atomic E-state index is 12.3. The zero-order valence-corrected chi connectivity index (χ0v) is 51.3. The lowest BCUT2D eigenvalue weighted by Crippen LogP contribution is -2.28. The average molecular weight is 1100 g/mol. The number of aliphatic hydroxyl groups is 1. The van der Waals surface area contributed by atoms with Gasteiger partial charge in [-0.3, -0.25) is 9.59 Å². The summed E-state index contributed by atoms with van der Waals surface area (Å²) >= 11 is 0. The molecule has 1 atom stereocenters. The SMILES string of the molecule is CC/C=C\C/C=C\C/C=C\C/C=C\C/C=C\C/C=C\C/C=C\C/C=C\CCCCCCCCC(=O)OC(CO)COC(=O)CCCCCCCCCCCCCCC/C=C\C/C=C\C/C=C\C/C=C\C/C=C\C/C=C\C/C=C\CC. The number of hydrogen-bond acceptors (Lipinski definition) is 5. The second-order valence-electron chi connectivity index (χ2n) is 20.7. The van der Waals surface area contributed by atoms with Crippen molar-refractivity contribution in [1.29, 1.82) is 0 Å². The number of hydrogen-bond donors (Lipinski definition) is 1. The van der Waals surface area contributed by atoms with Gasteiger partial charge in [-0.05, 0) is 135 Å². The summed E-state index contributed by atoms with van der Waals surface area (Å²) in [5, 5.41) is 9.69. The van der Waals surface area contributed by atoms with Gasteiger partial charge in [-0.2, -0.15) is 0 Å². The van der Waals surface area contributed by atoms with Crippen LogP contribution in [0.15, 0.2) is 182 Å². The van der Waals surface area contributed by atoms with Crippen LogP contribution in [0.3, 0.4) is 0 Å². The van der Waals surface area contributed by atoms with Crippen LogP contribution in [0, 0.1) is 0 Å². The molecule has 0 heterocycles. The van der Waals surface area contributed by atoms with E-state index in [1.54, 1.807) is 0 Å². The lowest BCUT2D eigenvalue weighted by Gasteiger charge is -2.15. The zero-order chi connectivity index (χ0) is 57.6. The van der Waals surface area contributed by atoms with Crippen molar-refractivity contribution < 1.29 is 24.2 Å². The molecular weight excluding hydrogens is 981 g/mol. The van der Waals surface area contributed by atoms with Crippen LogP contribution in [0.1, 0.15) is 258 Å². The molecule has 0 spiro atoms. The van der Waals surface area contributed by atoms with Gasteiger partial charge in [-0.25, -0.2) is 0 Å². The van der Waals surface area contributed by atoms with Gasteiger partial charge >= 0.3 is 11.9 Å². The number of rotatable bonds is 57. The Hall–Kier alpha value is -5.00. The summed E-state index contributed by atoms with van der Waals surface area (Å²) in [7, 11) is 0. The van der Waals surface area contributed by atoms with Crippen molar-refractivity contribution in [2.75, 3.05) is 13.2 Å². The predicted molar refractivity (Wildman–Crippen MR) is 352 cm³/mol. The van der Waals surface area contributed by atoms with Crippen LogP contribution in [0.4, 0.5) is 0 Å². The molecule has 5 heteroatoms. The summed E-state index contributed by atoms with van der Waals surface area (Å²) in [5.74, 6) is -0.618. The number of ether oxygens (including phenoxy) is 2. The van der Waals surface area contributed by atoms with E-state index in [0.717, 1.165) is 148 Å². The molecule has 0 aromatic carbocycles. The average Bonchev–Trinajstić information content (AvgIpc) is 3.46. The van der Waals surface area contributed by atoms with Crippen LogP contribution >= 0.6 is 0 Å². The highest BCUT2D eigenvalue weighted by molar-refractivity contribution is 5.70. The maximum Gasteiger partial charge on any atom is 0.306 e. The van der Waals surface area contributed by atoms with Gasteiger partial charge in [0.15, 0.2) is 6.10 Å². The molecule has 1 unspecified atom stereocenters. The van der Waals surface area contributed by atoms with Crippen molar-refractivity contribution in [3.8, 4) is 0 Å². The van der Waals surface area contributed by atoms with Crippen LogP contribution in [0.25, 0.3) is 0 Å². The summed E-state index contributed by atoms with van der Waals surface area (Å²) in [6.45, 7) is 3.90. The first-order valence-corrected chi connectivity index (χ1v) is 32.3. The molecule has 0 fully saturated rings. The van der Waals surface area contributed by atoms with Crippen molar-refractivity contribution in [3.05, 3.63) is 182 Å². The van der Waals surface area contributed by atoms with E-state index >= 15 is 0 Å². The summed E-state index contributed by atoms with van der Waals surface area (Å²) in [6.07, 6.45) is 107. The van der Waals surface area contributed by atoms with Crippen LogP contribution in [0.2, 0.25) is 0 Å². The molecule has 0 bridgehead atoms. The minimum absolute atomic E-state index is 0.0835. The van der Waals surface area contributed by atoms with Crippen molar-refractivity contribution in [3.63, 3.8) is 0 Å². The first kappa shape index (κ1) is 75.0. The fourth-order valence-corrected chi connectivity index (χ4v) is 8.43. The zero-order valence-electron chi connectivity index (χ0n) is 51.3. The van der Waals surface area contributed by atoms with Crippen LogP contribution in [-0.2, 0) is 19.1 Å². The number of carbonyl (C=O) groups is 2. The molecule has 0 aromatic rings. The Labute approximate surface area is 493 Å². The normalized spacial score (nSPS) is 13.5. The molecule has 0 aromatic heterocycles. The number of aliphatic hydroxyl groups excluding tert-OH is 1. The molecule has 0 saturated heterocycles. The van der Waals surface area contributed by atoms with Crippen LogP contribution in [0.5, 0.6) is 0 Å². The van der Waals surface area contributed by atoms with E-state index in [0.29, 0.717) is 12.8 Å². The standard InChI is InChI=1S/C75H118O5/c1-3-5-7-9-11-13-15-17-19-21-23-25-27-29-31-33-35-36-37-38-40-41-43-45-47-49-51-53-55-57-59-61-63-65-67-69-74(77)79-72-73(71-76)80-75(78)70-68-66-64-62-60-58-56-54-52-50-48-46-44-42-39-34-32-30-28-26-24-22-20-18-16-14-12-10-8-6-4-2/h5-8,11-14,17-20,23-26,29-32,35-36,38-40,42,46,48,52,54,73,76H,3-4,9-10,15-16,21-22,27-28,33-34,37,41,43-45,47,49-51,53,55-72H2,1-2H3/b7-5-,8-6-,13-11-,14-12-,19-17-,20-18-,25-23-,26-24-,31-29-,32-30-,36-35-,40-38-,42-39-,48-46-,54-52-. The fraction of sp³-hybridized carbons (Fsp3) is 0.573. The summed E-state index contributed by atoms with van der Waals surface area (Å²) < 4.78 is 10.7. The molecule has 80 heavy (non-hydrogen) atoms. The largest absolute Gasteiger partial charge is 0.462 e.